The number of anilines is 1. The number of aryl methyl sites for hydroxylation is 2. The van der Waals surface area contributed by atoms with Crippen LogP contribution in [0.5, 0.6) is 5.75 Å². The molecule has 0 saturated heterocycles. The summed E-state index contributed by atoms with van der Waals surface area (Å²) in [4.78, 5) is 16.5. The fourth-order valence-corrected chi connectivity index (χ4v) is 2.91. The van der Waals surface area contributed by atoms with Crippen LogP contribution in [0.15, 0.2) is 47.5 Å². The summed E-state index contributed by atoms with van der Waals surface area (Å²) in [6.07, 6.45) is 3.51. The van der Waals surface area contributed by atoms with Gasteiger partial charge in [0.15, 0.2) is 0 Å². The molecule has 0 bridgehead atoms. The Kier molecular flexibility index (Phi) is 8.18. The summed E-state index contributed by atoms with van der Waals surface area (Å²) in [5.41, 5.74) is 10.9. The van der Waals surface area contributed by atoms with E-state index >= 15 is 0 Å². The summed E-state index contributed by atoms with van der Waals surface area (Å²) in [7, 11) is 1.44. The maximum Gasteiger partial charge on any atom is 0.352 e. The zero-order chi connectivity index (χ0) is 23.1. The SMILES string of the molecule is Cc1cc(C(N)=CC=NC(C)C)ccc1OCc1c(C)cccc1N(N)C(=O)N(C)N. The molecule has 2 amide bonds. The van der Waals surface area contributed by atoms with Crippen molar-refractivity contribution in [2.24, 2.45) is 22.4 Å². The summed E-state index contributed by atoms with van der Waals surface area (Å²) >= 11 is 0. The smallest absolute Gasteiger partial charge is 0.352 e. The lowest BCUT2D eigenvalue weighted by atomic mass is 10.1. The third kappa shape index (κ3) is 6.31. The van der Waals surface area contributed by atoms with E-state index in [1.54, 1.807) is 18.4 Å². The topological polar surface area (TPSA) is 123 Å². The van der Waals surface area contributed by atoms with Gasteiger partial charge in [-0.15, -0.1) is 0 Å². The number of carbonyl (C=O) groups excluding carboxylic acids is 1. The van der Waals surface area contributed by atoms with Gasteiger partial charge in [0, 0.05) is 30.6 Å². The second-order valence-corrected chi connectivity index (χ2v) is 7.62. The Balaban J connectivity index is 2.21. The van der Waals surface area contributed by atoms with Crippen molar-refractivity contribution in [3.8, 4) is 5.75 Å². The lowest BCUT2D eigenvalue weighted by Gasteiger charge is -2.24. The molecule has 8 heteroatoms. The van der Waals surface area contributed by atoms with Gasteiger partial charge in [-0.05, 0) is 74.7 Å². The molecule has 0 radical (unpaired) electrons. The number of hydrogen-bond acceptors (Lipinski definition) is 6. The van der Waals surface area contributed by atoms with Crippen molar-refractivity contribution in [1.29, 1.82) is 0 Å². The minimum atomic E-state index is -0.532. The van der Waals surface area contributed by atoms with Crippen LogP contribution in [0.2, 0.25) is 0 Å². The monoisotopic (exact) mass is 424 g/mol. The number of rotatable bonds is 7. The Morgan fingerprint density at radius 1 is 1.16 bits per heavy atom. The van der Waals surface area contributed by atoms with Crippen molar-refractivity contribution in [2.75, 3.05) is 12.1 Å². The Hall–Kier alpha value is -3.36. The maximum absolute atomic E-state index is 12.2. The van der Waals surface area contributed by atoms with Crippen LogP contribution in [0.4, 0.5) is 10.5 Å². The van der Waals surface area contributed by atoms with Gasteiger partial charge in [0.05, 0.1) is 5.69 Å². The van der Waals surface area contributed by atoms with Crippen molar-refractivity contribution < 1.29 is 9.53 Å². The molecule has 0 heterocycles. The summed E-state index contributed by atoms with van der Waals surface area (Å²) < 4.78 is 6.06. The van der Waals surface area contributed by atoms with Gasteiger partial charge >= 0.3 is 6.03 Å². The van der Waals surface area contributed by atoms with Gasteiger partial charge < -0.3 is 10.5 Å². The van der Waals surface area contributed by atoms with Gasteiger partial charge in [0.25, 0.3) is 0 Å². The first-order valence-electron chi connectivity index (χ1n) is 10.00. The Morgan fingerprint density at radius 3 is 2.48 bits per heavy atom. The van der Waals surface area contributed by atoms with E-state index in [4.69, 9.17) is 22.2 Å². The second kappa shape index (κ2) is 10.6. The minimum Gasteiger partial charge on any atom is -0.489 e. The number of benzene rings is 2. The molecule has 0 fully saturated rings. The molecule has 166 valence electrons. The quantitative estimate of drug-likeness (QED) is 0.272. The standard InChI is InChI=1S/C23H32N6O2/c1-15(2)27-12-11-20(24)18-9-10-22(17(4)13-18)31-14-19-16(3)7-6-8-21(19)29(26)23(30)28(5)25/h6-13,15H,14,24-26H2,1-5H3. The second-order valence-electron chi connectivity index (χ2n) is 7.62. The zero-order valence-corrected chi connectivity index (χ0v) is 18.8. The molecule has 0 aliphatic carbocycles. The molecule has 0 saturated carbocycles. The molecular formula is C23H32N6O2. The number of hydrogen-bond donors (Lipinski definition) is 3. The molecule has 0 aromatic heterocycles. The van der Waals surface area contributed by atoms with Crippen LogP contribution < -0.4 is 27.2 Å². The zero-order valence-electron chi connectivity index (χ0n) is 18.8. The molecule has 8 nitrogen and oxygen atoms in total. The minimum absolute atomic E-state index is 0.220. The van der Waals surface area contributed by atoms with Crippen LogP contribution >= 0.6 is 0 Å². The number of nitrogens with zero attached hydrogens (tertiary/aromatic N) is 3. The van der Waals surface area contributed by atoms with Crippen LogP contribution in [0.25, 0.3) is 5.70 Å². The third-order valence-electron chi connectivity index (χ3n) is 4.67. The number of aliphatic imine (C=N–C) groups is 1. The maximum atomic E-state index is 12.2. The van der Waals surface area contributed by atoms with E-state index in [0.29, 0.717) is 17.1 Å². The first-order chi connectivity index (χ1) is 14.6. The molecule has 6 N–H and O–H groups in total. The van der Waals surface area contributed by atoms with E-state index in [1.807, 2.05) is 58.0 Å². The predicted molar refractivity (Wildman–Crippen MR) is 126 cm³/mol. The molecule has 0 aliphatic rings. The lowest BCUT2D eigenvalue weighted by molar-refractivity contribution is 0.216. The number of ether oxygens (including phenoxy) is 1. The van der Waals surface area contributed by atoms with Gasteiger partial charge in [-0.25, -0.2) is 21.5 Å². The largest absolute Gasteiger partial charge is 0.489 e. The summed E-state index contributed by atoms with van der Waals surface area (Å²) in [5.74, 6) is 12.2. The van der Waals surface area contributed by atoms with Crippen LogP contribution in [0.1, 0.15) is 36.1 Å². The third-order valence-corrected chi connectivity index (χ3v) is 4.67. The number of urea groups is 1. The first kappa shape index (κ1) is 23.9. The van der Waals surface area contributed by atoms with E-state index in [9.17, 15) is 4.79 Å². The molecule has 0 atom stereocenters. The molecule has 31 heavy (non-hydrogen) atoms. The van der Waals surface area contributed by atoms with E-state index < -0.39 is 6.03 Å². The fourth-order valence-electron chi connectivity index (χ4n) is 2.91. The van der Waals surface area contributed by atoms with Gasteiger partial charge in [0.1, 0.15) is 12.4 Å². The fraction of sp³-hybridized carbons (Fsp3) is 0.304. The highest BCUT2D eigenvalue weighted by molar-refractivity contribution is 5.91. The summed E-state index contributed by atoms with van der Waals surface area (Å²) in [6, 6.07) is 11.0. The molecule has 2 rings (SSSR count). The van der Waals surface area contributed by atoms with Crippen molar-refractivity contribution in [1.82, 2.24) is 5.01 Å². The molecular weight excluding hydrogens is 392 g/mol. The van der Waals surface area contributed by atoms with Crippen LogP contribution in [0, 0.1) is 13.8 Å². The first-order valence-corrected chi connectivity index (χ1v) is 10.00. The molecule has 2 aromatic rings. The number of hydrazine groups is 2. The lowest BCUT2D eigenvalue weighted by Crippen LogP contribution is -2.49. The normalized spacial score (nSPS) is 11.8. The summed E-state index contributed by atoms with van der Waals surface area (Å²) in [5, 5.41) is 1.95. The van der Waals surface area contributed by atoms with Gasteiger partial charge in [-0.3, -0.25) is 10.0 Å². The average Bonchev–Trinajstić information content (AvgIpc) is 2.71. The Morgan fingerprint density at radius 2 is 1.87 bits per heavy atom. The number of allylic oxidation sites excluding steroid dienone is 1. The van der Waals surface area contributed by atoms with Crippen molar-refractivity contribution in [3.05, 3.63) is 64.7 Å². The van der Waals surface area contributed by atoms with Gasteiger partial charge in [-0.1, -0.05) is 12.1 Å². The molecule has 0 aliphatic heterocycles. The van der Waals surface area contributed by atoms with Crippen LogP contribution in [-0.2, 0) is 6.61 Å². The summed E-state index contributed by atoms with van der Waals surface area (Å²) in [6.45, 7) is 8.14. The van der Waals surface area contributed by atoms with E-state index in [2.05, 4.69) is 4.99 Å². The van der Waals surface area contributed by atoms with Crippen LogP contribution in [-0.4, -0.2) is 30.3 Å². The average molecular weight is 425 g/mol. The Bertz CT molecular complexity index is 982. The van der Waals surface area contributed by atoms with Crippen molar-refractivity contribution in [3.63, 3.8) is 0 Å². The molecule has 0 unspecified atom stereocenters. The van der Waals surface area contributed by atoms with E-state index in [1.165, 1.54) is 7.05 Å². The molecule has 2 aromatic carbocycles. The highest BCUT2D eigenvalue weighted by Crippen LogP contribution is 2.27. The van der Waals surface area contributed by atoms with Gasteiger partial charge in [0.2, 0.25) is 0 Å². The highest BCUT2D eigenvalue weighted by Gasteiger charge is 2.19. The van der Waals surface area contributed by atoms with Crippen molar-refractivity contribution >= 4 is 23.6 Å². The number of carbonyl (C=O) groups is 1. The Labute approximate surface area is 183 Å². The predicted octanol–water partition coefficient (Wildman–Crippen LogP) is 3.27. The van der Waals surface area contributed by atoms with E-state index in [-0.39, 0.29) is 12.6 Å². The van der Waals surface area contributed by atoms with E-state index in [0.717, 1.165) is 32.3 Å². The van der Waals surface area contributed by atoms with Gasteiger partial charge in [-0.2, -0.15) is 0 Å². The van der Waals surface area contributed by atoms with Crippen molar-refractivity contribution in [2.45, 2.75) is 40.3 Å². The van der Waals surface area contributed by atoms with Crippen LogP contribution in [0.3, 0.4) is 0 Å². The molecule has 0 spiro atoms. The number of nitrogens with two attached hydrogens (primary N) is 3. The number of amides is 2. The highest BCUT2D eigenvalue weighted by atomic mass is 16.5.